The molecule has 0 saturated carbocycles. The third kappa shape index (κ3) is 3.32. The van der Waals surface area contributed by atoms with Crippen LogP contribution in [0.2, 0.25) is 0 Å². The van der Waals surface area contributed by atoms with Gasteiger partial charge < -0.3 is 17.5 Å². The van der Waals surface area contributed by atoms with Crippen LogP contribution in [0.5, 0.6) is 0 Å². The predicted molar refractivity (Wildman–Crippen MR) is 58.5 cm³/mol. The summed E-state index contributed by atoms with van der Waals surface area (Å²) < 4.78 is 22.8. The van der Waals surface area contributed by atoms with Gasteiger partial charge >= 0.3 is 0 Å². The van der Waals surface area contributed by atoms with Crippen LogP contribution in [0.4, 0.5) is 0 Å². The van der Waals surface area contributed by atoms with Crippen LogP contribution >= 0.6 is 0 Å². The molecular formula is C10H19ClNO3S-. The summed E-state index contributed by atoms with van der Waals surface area (Å²) in [6.45, 7) is 1.88. The number of halogens is 1. The van der Waals surface area contributed by atoms with Crippen molar-refractivity contribution in [3.63, 3.8) is 0 Å². The molecule has 2 heterocycles. The average molecular weight is 269 g/mol. The van der Waals surface area contributed by atoms with E-state index in [2.05, 4.69) is 4.90 Å². The molecule has 0 spiro atoms. The first-order valence-electron chi connectivity index (χ1n) is 5.71. The van der Waals surface area contributed by atoms with Crippen LogP contribution in [-0.2, 0) is 9.84 Å². The molecule has 0 aromatic heterocycles. The molecule has 2 unspecified atom stereocenters. The highest BCUT2D eigenvalue weighted by molar-refractivity contribution is 7.91. The smallest absolute Gasteiger partial charge is 0.154 e. The quantitative estimate of drug-likeness (QED) is 0.552. The molecule has 2 aliphatic rings. The molecule has 2 rings (SSSR count). The summed E-state index contributed by atoms with van der Waals surface area (Å²) in [5.41, 5.74) is 0. The SMILES string of the molecule is O=S1(=O)CC(O)C(N2CCCCCC2)C1.[Cl-]. The van der Waals surface area contributed by atoms with E-state index in [1.807, 2.05) is 0 Å². The molecule has 0 radical (unpaired) electrons. The van der Waals surface area contributed by atoms with Gasteiger partial charge in [-0.2, -0.15) is 0 Å². The van der Waals surface area contributed by atoms with E-state index in [-0.39, 0.29) is 30.0 Å². The van der Waals surface area contributed by atoms with Gasteiger partial charge in [0.05, 0.1) is 23.7 Å². The van der Waals surface area contributed by atoms with E-state index in [4.69, 9.17) is 0 Å². The molecule has 4 nitrogen and oxygen atoms in total. The van der Waals surface area contributed by atoms with E-state index in [1.54, 1.807) is 0 Å². The maximum absolute atomic E-state index is 11.4. The lowest BCUT2D eigenvalue weighted by atomic mass is 10.2. The van der Waals surface area contributed by atoms with Gasteiger partial charge in [-0.05, 0) is 25.9 Å². The Labute approximate surface area is 103 Å². The van der Waals surface area contributed by atoms with E-state index >= 15 is 0 Å². The van der Waals surface area contributed by atoms with Crippen molar-refractivity contribution in [2.45, 2.75) is 37.8 Å². The van der Waals surface area contributed by atoms with E-state index in [1.165, 1.54) is 12.8 Å². The van der Waals surface area contributed by atoms with Crippen molar-refractivity contribution in [3.8, 4) is 0 Å². The summed E-state index contributed by atoms with van der Waals surface area (Å²) in [5.74, 6) is 0.0995. The van der Waals surface area contributed by atoms with Crippen molar-refractivity contribution in [2.24, 2.45) is 0 Å². The lowest BCUT2D eigenvalue weighted by Crippen LogP contribution is -3.00. The molecule has 2 atom stereocenters. The first-order chi connectivity index (χ1) is 7.08. The minimum atomic E-state index is -3.00. The van der Waals surface area contributed by atoms with Gasteiger partial charge in [-0.1, -0.05) is 12.8 Å². The maximum Gasteiger partial charge on any atom is 0.154 e. The molecule has 0 aliphatic carbocycles. The Hall–Kier alpha value is 0.160. The Balaban J connectivity index is 0.00000128. The van der Waals surface area contributed by atoms with Crippen molar-refractivity contribution < 1.29 is 25.9 Å². The molecule has 96 valence electrons. The standard InChI is InChI=1S/C10H19NO3S.ClH/c12-10-8-15(13,14)7-9(10)11-5-3-1-2-4-6-11;/h9-10,12H,1-8H2;1H/p-1. The highest BCUT2D eigenvalue weighted by Crippen LogP contribution is 2.21. The average Bonchev–Trinajstić information content (AvgIpc) is 2.41. The Morgan fingerprint density at radius 1 is 1.00 bits per heavy atom. The van der Waals surface area contributed by atoms with Gasteiger partial charge in [-0.25, -0.2) is 8.42 Å². The van der Waals surface area contributed by atoms with Crippen LogP contribution in [-0.4, -0.2) is 55.2 Å². The van der Waals surface area contributed by atoms with Crippen LogP contribution in [0, 0.1) is 0 Å². The van der Waals surface area contributed by atoms with Gasteiger partial charge in [0.25, 0.3) is 0 Å². The van der Waals surface area contributed by atoms with Crippen LogP contribution < -0.4 is 12.4 Å². The number of hydrogen-bond acceptors (Lipinski definition) is 4. The Bertz CT molecular complexity index is 312. The summed E-state index contributed by atoms with van der Waals surface area (Å²) in [6.07, 6.45) is 4.04. The number of nitrogens with zero attached hydrogens (tertiary/aromatic N) is 1. The number of hydrogen-bond donors (Lipinski definition) is 1. The van der Waals surface area contributed by atoms with Gasteiger partial charge in [-0.3, -0.25) is 4.90 Å². The summed E-state index contributed by atoms with van der Waals surface area (Å²) in [6, 6.07) is -0.145. The van der Waals surface area contributed by atoms with E-state index in [0.717, 1.165) is 25.9 Å². The molecule has 0 aromatic carbocycles. The monoisotopic (exact) mass is 268 g/mol. The zero-order valence-corrected chi connectivity index (χ0v) is 10.9. The molecule has 16 heavy (non-hydrogen) atoms. The van der Waals surface area contributed by atoms with E-state index in [0.29, 0.717) is 0 Å². The van der Waals surface area contributed by atoms with Crippen molar-refractivity contribution in [1.82, 2.24) is 4.90 Å². The molecular weight excluding hydrogens is 250 g/mol. The Morgan fingerprint density at radius 2 is 1.56 bits per heavy atom. The third-order valence-corrected chi connectivity index (χ3v) is 5.10. The van der Waals surface area contributed by atoms with Gasteiger partial charge in [0.2, 0.25) is 0 Å². The molecule has 1 N–H and O–H groups in total. The normalized spacial score (nSPS) is 35.3. The predicted octanol–water partition coefficient (Wildman–Crippen LogP) is -2.98. The topological polar surface area (TPSA) is 57.6 Å². The first kappa shape index (κ1) is 14.2. The minimum Gasteiger partial charge on any atom is -1.00 e. The van der Waals surface area contributed by atoms with Gasteiger partial charge in [-0.15, -0.1) is 0 Å². The van der Waals surface area contributed by atoms with Crippen LogP contribution in [0.15, 0.2) is 0 Å². The molecule has 6 heteroatoms. The summed E-state index contributed by atoms with van der Waals surface area (Å²) in [4.78, 5) is 2.17. The summed E-state index contributed by atoms with van der Waals surface area (Å²) in [5, 5.41) is 9.75. The summed E-state index contributed by atoms with van der Waals surface area (Å²) in [7, 11) is -3.00. The number of aliphatic hydroxyl groups is 1. The Kier molecular flexibility index (Phi) is 5.04. The number of aliphatic hydroxyl groups excluding tert-OH is 1. The van der Waals surface area contributed by atoms with Crippen LogP contribution in [0.25, 0.3) is 0 Å². The molecule has 2 fully saturated rings. The number of sulfone groups is 1. The lowest BCUT2D eigenvalue weighted by molar-refractivity contribution is -0.00000794. The van der Waals surface area contributed by atoms with Crippen LogP contribution in [0.3, 0.4) is 0 Å². The van der Waals surface area contributed by atoms with E-state index in [9.17, 15) is 13.5 Å². The summed E-state index contributed by atoms with van der Waals surface area (Å²) >= 11 is 0. The fourth-order valence-corrected chi connectivity index (χ4v) is 4.42. The maximum atomic E-state index is 11.4. The van der Waals surface area contributed by atoms with Gasteiger partial charge in [0.15, 0.2) is 9.84 Å². The second kappa shape index (κ2) is 5.67. The van der Waals surface area contributed by atoms with Crippen LogP contribution in [0.1, 0.15) is 25.7 Å². The molecule has 2 aliphatic heterocycles. The molecule has 0 aromatic rings. The minimum absolute atomic E-state index is 0. The number of likely N-dealkylation sites (tertiary alicyclic amines) is 1. The second-order valence-corrected chi connectivity index (χ2v) is 6.82. The lowest BCUT2D eigenvalue weighted by Gasteiger charge is -2.28. The van der Waals surface area contributed by atoms with Crippen molar-refractivity contribution in [1.29, 1.82) is 0 Å². The molecule has 0 amide bonds. The van der Waals surface area contributed by atoms with Crippen molar-refractivity contribution >= 4 is 9.84 Å². The zero-order valence-electron chi connectivity index (χ0n) is 9.31. The second-order valence-electron chi connectivity index (χ2n) is 4.66. The highest BCUT2D eigenvalue weighted by Gasteiger charge is 2.39. The third-order valence-electron chi connectivity index (χ3n) is 3.40. The van der Waals surface area contributed by atoms with Crippen molar-refractivity contribution in [2.75, 3.05) is 24.6 Å². The molecule has 2 saturated heterocycles. The fraction of sp³-hybridized carbons (Fsp3) is 1.00. The molecule has 0 bridgehead atoms. The Morgan fingerprint density at radius 3 is 2.00 bits per heavy atom. The largest absolute Gasteiger partial charge is 1.00 e. The zero-order chi connectivity index (χ0) is 10.9. The van der Waals surface area contributed by atoms with Crippen molar-refractivity contribution in [3.05, 3.63) is 0 Å². The van der Waals surface area contributed by atoms with Gasteiger partial charge in [0, 0.05) is 0 Å². The number of rotatable bonds is 1. The van der Waals surface area contributed by atoms with Gasteiger partial charge in [0.1, 0.15) is 0 Å². The fourth-order valence-electron chi connectivity index (χ4n) is 2.59. The van der Waals surface area contributed by atoms with E-state index < -0.39 is 15.9 Å². The first-order valence-corrected chi connectivity index (χ1v) is 7.53. The highest BCUT2D eigenvalue weighted by atomic mass is 35.5.